The fraction of sp³-hybridized carbons (Fsp3) is 0.778. The standard InChI is InChI=1S/C9H18N4S/c1-4-8-12-9(14-13-8)11-6-5-10-7(2)3/h7,10H,4-6H2,1-3H3,(H,11,12,13). The lowest BCUT2D eigenvalue weighted by atomic mass is 10.4. The fourth-order valence-electron chi connectivity index (χ4n) is 1.000. The molecule has 1 aromatic heterocycles. The van der Waals surface area contributed by atoms with Crippen molar-refractivity contribution in [1.29, 1.82) is 0 Å². The summed E-state index contributed by atoms with van der Waals surface area (Å²) < 4.78 is 4.20. The predicted molar refractivity (Wildman–Crippen MR) is 60.9 cm³/mol. The highest BCUT2D eigenvalue weighted by Crippen LogP contribution is 2.10. The minimum absolute atomic E-state index is 0.539. The third kappa shape index (κ3) is 4.02. The molecule has 0 radical (unpaired) electrons. The molecular formula is C9H18N4S. The van der Waals surface area contributed by atoms with Gasteiger partial charge in [0.1, 0.15) is 5.82 Å². The summed E-state index contributed by atoms with van der Waals surface area (Å²) in [4.78, 5) is 4.31. The quantitative estimate of drug-likeness (QED) is 0.705. The molecule has 5 heteroatoms. The Kier molecular flexibility index (Phi) is 4.82. The molecule has 0 unspecified atom stereocenters. The molecule has 0 amide bonds. The normalized spacial score (nSPS) is 10.9. The van der Waals surface area contributed by atoms with E-state index in [-0.39, 0.29) is 0 Å². The summed E-state index contributed by atoms with van der Waals surface area (Å²) >= 11 is 1.43. The monoisotopic (exact) mass is 214 g/mol. The Morgan fingerprint density at radius 2 is 2.14 bits per heavy atom. The van der Waals surface area contributed by atoms with Crippen molar-refractivity contribution in [3.8, 4) is 0 Å². The van der Waals surface area contributed by atoms with Gasteiger partial charge in [-0.1, -0.05) is 20.8 Å². The van der Waals surface area contributed by atoms with Crippen LogP contribution in [0.25, 0.3) is 0 Å². The van der Waals surface area contributed by atoms with Gasteiger partial charge in [0.05, 0.1) is 0 Å². The van der Waals surface area contributed by atoms with Crippen LogP contribution in [0.1, 0.15) is 26.6 Å². The number of anilines is 1. The van der Waals surface area contributed by atoms with Crippen LogP contribution in [0.3, 0.4) is 0 Å². The number of nitrogens with zero attached hydrogens (tertiary/aromatic N) is 2. The molecule has 80 valence electrons. The molecule has 2 N–H and O–H groups in total. The molecule has 0 atom stereocenters. The molecule has 0 spiro atoms. The van der Waals surface area contributed by atoms with Gasteiger partial charge in [-0.25, -0.2) is 4.98 Å². The summed E-state index contributed by atoms with van der Waals surface area (Å²) in [5.41, 5.74) is 0. The Morgan fingerprint density at radius 3 is 2.71 bits per heavy atom. The Morgan fingerprint density at radius 1 is 1.36 bits per heavy atom. The van der Waals surface area contributed by atoms with Crippen LogP contribution in [-0.4, -0.2) is 28.5 Å². The maximum absolute atomic E-state index is 4.31. The molecule has 0 aromatic carbocycles. The van der Waals surface area contributed by atoms with Gasteiger partial charge in [-0.15, -0.1) is 0 Å². The van der Waals surface area contributed by atoms with E-state index in [1.165, 1.54) is 11.5 Å². The molecule has 0 aliphatic heterocycles. The van der Waals surface area contributed by atoms with E-state index in [9.17, 15) is 0 Å². The maximum Gasteiger partial charge on any atom is 0.202 e. The third-order valence-corrected chi connectivity index (χ3v) is 2.45. The van der Waals surface area contributed by atoms with Crippen molar-refractivity contribution in [2.24, 2.45) is 0 Å². The van der Waals surface area contributed by atoms with Crippen molar-refractivity contribution in [2.75, 3.05) is 18.4 Å². The highest BCUT2D eigenvalue weighted by Gasteiger charge is 2.00. The molecule has 0 saturated carbocycles. The summed E-state index contributed by atoms with van der Waals surface area (Å²) in [7, 11) is 0. The van der Waals surface area contributed by atoms with Gasteiger partial charge in [0.2, 0.25) is 5.13 Å². The number of aryl methyl sites for hydroxylation is 1. The van der Waals surface area contributed by atoms with Crippen LogP contribution in [0.15, 0.2) is 0 Å². The zero-order valence-corrected chi connectivity index (χ0v) is 9.82. The number of aromatic nitrogens is 2. The Bertz CT molecular complexity index is 259. The average molecular weight is 214 g/mol. The molecule has 4 nitrogen and oxygen atoms in total. The van der Waals surface area contributed by atoms with Crippen molar-refractivity contribution >= 4 is 16.7 Å². The van der Waals surface area contributed by atoms with Gasteiger partial charge < -0.3 is 10.6 Å². The fourth-order valence-corrected chi connectivity index (χ4v) is 1.67. The van der Waals surface area contributed by atoms with E-state index in [4.69, 9.17) is 0 Å². The minimum Gasteiger partial charge on any atom is -0.359 e. The van der Waals surface area contributed by atoms with Crippen molar-refractivity contribution in [3.05, 3.63) is 5.82 Å². The first-order valence-corrected chi connectivity index (χ1v) is 5.79. The summed E-state index contributed by atoms with van der Waals surface area (Å²) in [6, 6.07) is 0.539. The van der Waals surface area contributed by atoms with Gasteiger partial charge in [0.15, 0.2) is 0 Å². The van der Waals surface area contributed by atoms with Gasteiger partial charge in [0, 0.05) is 37.1 Å². The molecule has 0 aliphatic rings. The Hall–Kier alpha value is -0.680. The van der Waals surface area contributed by atoms with E-state index < -0.39 is 0 Å². The van der Waals surface area contributed by atoms with Gasteiger partial charge in [-0.2, -0.15) is 4.37 Å². The van der Waals surface area contributed by atoms with Crippen LogP contribution in [-0.2, 0) is 6.42 Å². The van der Waals surface area contributed by atoms with E-state index in [0.717, 1.165) is 30.5 Å². The minimum atomic E-state index is 0.539. The van der Waals surface area contributed by atoms with Crippen molar-refractivity contribution in [3.63, 3.8) is 0 Å². The summed E-state index contributed by atoms with van der Waals surface area (Å²) in [5.74, 6) is 0.925. The second kappa shape index (κ2) is 5.93. The molecule has 1 heterocycles. The zero-order chi connectivity index (χ0) is 10.4. The van der Waals surface area contributed by atoms with Crippen LogP contribution in [0.5, 0.6) is 0 Å². The molecular weight excluding hydrogens is 196 g/mol. The Balaban J connectivity index is 2.18. The van der Waals surface area contributed by atoms with Gasteiger partial charge >= 0.3 is 0 Å². The second-order valence-corrected chi connectivity index (χ2v) is 4.16. The number of hydrogen-bond acceptors (Lipinski definition) is 5. The lowest BCUT2D eigenvalue weighted by Gasteiger charge is -2.07. The van der Waals surface area contributed by atoms with E-state index in [1.807, 2.05) is 0 Å². The molecule has 0 saturated heterocycles. The molecule has 0 bridgehead atoms. The SMILES string of the molecule is CCc1nsc(NCCNC(C)C)n1. The van der Waals surface area contributed by atoms with Crippen molar-refractivity contribution in [2.45, 2.75) is 33.2 Å². The first-order chi connectivity index (χ1) is 6.72. The topological polar surface area (TPSA) is 49.8 Å². The predicted octanol–water partition coefficient (Wildman–Crippen LogP) is 1.51. The van der Waals surface area contributed by atoms with Crippen molar-refractivity contribution < 1.29 is 0 Å². The van der Waals surface area contributed by atoms with Gasteiger partial charge in [-0.3, -0.25) is 0 Å². The van der Waals surface area contributed by atoms with E-state index in [0.29, 0.717) is 6.04 Å². The third-order valence-electron chi connectivity index (χ3n) is 1.74. The highest BCUT2D eigenvalue weighted by molar-refractivity contribution is 7.09. The maximum atomic E-state index is 4.31. The second-order valence-electron chi connectivity index (χ2n) is 3.40. The van der Waals surface area contributed by atoms with Crippen LogP contribution in [0.4, 0.5) is 5.13 Å². The first-order valence-electron chi connectivity index (χ1n) is 5.02. The smallest absolute Gasteiger partial charge is 0.202 e. The lowest BCUT2D eigenvalue weighted by molar-refractivity contribution is 0.602. The number of rotatable bonds is 6. The molecule has 1 rings (SSSR count). The first kappa shape index (κ1) is 11.4. The van der Waals surface area contributed by atoms with Crippen LogP contribution < -0.4 is 10.6 Å². The summed E-state index contributed by atoms with van der Waals surface area (Å²) in [5, 5.41) is 7.49. The van der Waals surface area contributed by atoms with E-state index in [2.05, 4.69) is 40.8 Å². The van der Waals surface area contributed by atoms with E-state index in [1.54, 1.807) is 0 Å². The van der Waals surface area contributed by atoms with E-state index >= 15 is 0 Å². The molecule has 1 aromatic rings. The average Bonchev–Trinajstić information content (AvgIpc) is 2.60. The lowest BCUT2D eigenvalue weighted by Crippen LogP contribution is -2.28. The number of hydrogen-bond donors (Lipinski definition) is 2. The zero-order valence-electron chi connectivity index (χ0n) is 9.00. The largest absolute Gasteiger partial charge is 0.359 e. The highest BCUT2D eigenvalue weighted by atomic mass is 32.1. The van der Waals surface area contributed by atoms with Crippen LogP contribution in [0, 0.1) is 0 Å². The van der Waals surface area contributed by atoms with Crippen LogP contribution in [0.2, 0.25) is 0 Å². The van der Waals surface area contributed by atoms with Crippen molar-refractivity contribution in [1.82, 2.24) is 14.7 Å². The molecule has 0 aliphatic carbocycles. The molecule has 0 fully saturated rings. The van der Waals surface area contributed by atoms with Gasteiger partial charge in [-0.05, 0) is 0 Å². The van der Waals surface area contributed by atoms with Crippen LogP contribution >= 0.6 is 11.5 Å². The molecule has 14 heavy (non-hydrogen) atoms. The Labute approximate surface area is 89.3 Å². The summed E-state index contributed by atoms with van der Waals surface area (Å²) in [6.45, 7) is 8.20. The van der Waals surface area contributed by atoms with Gasteiger partial charge in [0.25, 0.3) is 0 Å². The number of nitrogens with one attached hydrogen (secondary N) is 2. The summed E-state index contributed by atoms with van der Waals surface area (Å²) in [6.07, 6.45) is 0.905.